The monoisotopic (exact) mass is 372 g/mol. The SMILES string of the molecule is CCOC(=O)c1ccc(NC(=O)/C(C#N)=C\N2CCN(CCO)CC2)cc1. The maximum atomic E-state index is 12.3. The van der Waals surface area contributed by atoms with Gasteiger partial charge in [0.1, 0.15) is 11.6 Å². The van der Waals surface area contributed by atoms with E-state index in [-0.39, 0.29) is 12.2 Å². The number of nitrogens with zero attached hydrogens (tertiary/aromatic N) is 3. The van der Waals surface area contributed by atoms with E-state index in [9.17, 15) is 14.9 Å². The third kappa shape index (κ3) is 6.09. The maximum absolute atomic E-state index is 12.3. The van der Waals surface area contributed by atoms with Gasteiger partial charge in [-0.25, -0.2) is 4.79 Å². The Morgan fingerprint density at radius 3 is 2.48 bits per heavy atom. The number of aliphatic hydroxyl groups excluding tert-OH is 1. The van der Waals surface area contributed by atoms with Crippen molar-refractivity contribution >= 4 is 17.6 Å². The molecule has 2 rings (SSSR count). The molecule has 1 aliphatic rings. The summed E-state index contributed by atoms with van der Waals surface area (Å²) in [5, 5.41) is 20.9. The summed E-state index contributed by atoms with van der Waals surface area (Å²) in [7, 11) is 0. The molecule has 8 heteroatoms. The summed E-state index contributed by atoms with van der Waals surface area (Å²) < 4.78 is 4.91. The van der Waals surface area contributed by atoms with Gasteiger partial charge in [0.15, 0.2) is 0 Å². The van der Waals surface area contributed by atoms with E-state index in [2.05, 4.69) is 10.2 Å². The Balaban J connectivity index is 1.95. The number of carbonyl (C=O) groups is 2. The molecule has 1 aliphatic heterocycles. The van der Waals surface area contributed by atoms with Crippen molar-refractivity contribution in [3.05, 3.63) is 41.6 Å². The Morgan fingerprint density at radius 1 is 1.26 bits per heavy atom. The highest BCUT2D eigenvalue weighted by molar-refractivity contribution is 6.06. The molecule has 1 aromatic carbocycles. The summed E-state index contributed by atoms with van der Waals surface area (Å²) in [4.78, 5) is 28.0. The first kappa shape index (κ1) is 20.4. The van der Waals surface area contributed by atoms with E-state index in [1.165, 1.54) is 0 Å². The number of hydrogen-bond donors (Lipinski definition) is 2. The fourth-order valence-corrected chi connectivity index (χ4v) is 2.68. The average Bonchev–Trinajstić information content (AvgIpc) is 2.68. The largest absolute Gasteiger partial charge is 0.462 e. The Kier molecular flexibility index (Phi) is 7.79. The summed E-state index contributed by atoms with van der Waals surface area (Å²) in [6.07, 6.45) is 1.57. The van der Waals surface area contributed by atoms with Gasteiger partial charge in [-0.2, -0.15) is 5.26 Å². The number of piperazine rings is 1. The van der Waals surface area contributed by atoms with Crippen LogP contribution in [0.25, 0.3) is 0 Å². The molecule has 0 atom stereocenters. The number of aliphatic hydroxyl groups is 1. The quantitative estimate of drug-likeness (QED) is 0.415. The van der Waals surface area contributed by atoms with Gasteiger partial charge < -0.3 is 20.1 Å². The van der Waals surface area contributed by atoms with E-state index in [1.807, 2.05) is 11.0 Å². The Morgan fingerprint density at radius 2 is 1.93 bits per heavy atom. The van der Waals surface area contributed by atoms with Gasteiger partial charge in [-0.15, -0.1) is 0 Å². The van der Waals surface area contributed by atoms with Crippen LogP contribution in [0.5, 0.6) is 0 Å². The van der Waals surface area contributed by atoms with Crippen LogP contribution in [0.2, 0.25) is 0 Å². The second kappa shape index (κ2) is 10.3. The molecule has 1 amide bonds. The predicted octanol–water partition coefficient (Wildman–Crippen LogP) is 0.819. The summed E-state index contributed by atoms with van der Waals surface area (Å²) >= 11 is 0. The third-order valence-electron chi connectivity index (χ3n) is 4.15. The zero-order valence-corrected chi connectivity index (χ0v) is 15.4. The van der Waals surface area contributed by atoms with Crippen molar-refractivity contribution in [1.82, 2.24) is 9.80 Å². The zero-order valence-electron chi connectivity index (χ0n) is 15.4. The molecule has 8 nitrogen and oxygen atoms in total. The minimum absolute atomic E-state index is 0.0140. The molecule has 0 radical (unpaired) electrons. The van der Waals surface area contributed by atoms with Crippen LogP contribution in [0.15, 0.2) is 36.0 Å². The Bertz CT molecular complexity index is 716. The molecule has 1 heterocycles. The first-order valence-electron chi connectivity index (χ1n) is 8.85. The topological polar surface area (TPSA) is 106 Å². The smallest absolute Gasteiger partial charge is 0.338 e. The molecule has 0 saturated carbocycles. The first-order valence-corrected chi connectivity index (χ1v) is 8.85. The van der Waals surface area contributed by atoms with Crippen LogP contribution >= 0.6 is 0 Å². The van der Waals surface area contributed by atoms with Gasteiger partial charge in [-0.05, 0) is 31.2 Å². The van der Waals surface area contributed by atoms with Gasteiger partial charge in [0, 0.05) is 44.6 Å². The lowest BCUT2D eigenvalue weighted by molar-refractivity contribution is -0.112. The van der Waals surface area contributed by atoms with Gasteiger partial charge in [-0.1, -0.05) is 0 Å². The summed E-state index contributed by atoms with van der Waals surface area (Å²) in [6, 6.07) is 8.23. The van der Waals surface area contributed by atoms with Crippen LogP contribution in [0.1, 0.15) is 17.3 Å². The van der Waals surface area contributed by atoms with E-state index in [0.29, 0.717) is 37.5 Å². The van der Waals surface area contributed by atoms with Crippen molar-refractivity contribution in [1.29, 1.82) is 5.26 Å². The minimum Gasteiger partial charge on any atom is -0.462 e. The number of rotatable bonds is 7. The van der Waals surface area contributed by atoms with Crippen molar-refractivity contribution < 1.29 is 19.4 Å². The molecule has 1 saturated heterocycles. The lowest BCUT2D eigenvalue weighted by atomic mass is 10.2. The van der Waals surface area contributed by atoms with Crippen LogP contribution in [0, 0.1) is 11.3 Å². The predicted molar refractivity (Wildman–Crippen MR) is 99.8 cm³/mol. The van der Waals surface area contributed by atoms with Gasteiger partial charge in [0.25, 0.3) is 5.91 Å². The van der Waals surface area contributed by atoms with E-state index in [1.54, 1.807) is 37.4 Å². The second-order valence-electron chi connectivity index (χ2n) is 6.01. The molecule has 2 N–H and O–H groups in total. The van der Waals surface area contributed by atoms with Crippen LogP contribution in [0.4, 0.5) is 5.69 Å². The molecular weight excluding hydrogens is 348 g/mol. The third-order valence-corrected chi connectivity index (χ3v) is 4.15. The van der Waals surface area contributed by atoms with Crippen molar-refractivity contribution in [3.8, 4) is 6.07 Å². The minimum atomic E-state index is -0.501. The molecule has 0 aromatic heterocycles. The normalized spacial score (nSPS) is 15.1. The fraction of sp³-hybridized carbons (Fsp3) is 0.421. The van der Waals surface area contributed by atoms with Gasteiger partial charge in [0.2, 0.25) is 0 Å². The number of β-amino-alcohol motifs (C(OH)–C–C–N with tert-alkyl or cyclic N) is 1. The van der Waals surface area contributed by atoms with E-state index in [4.69, 9.17) is 9.84 Å². The van der Waals surface area contributed by atoms with Crippen molar-refractivity contribution in [2.75, 3.05) is 51.3 Å². The van der Waals surface area contributed by atoms with Crippen LogP contribution in [-0.2, 0) is 9.53 Å². The van der Waals surface area contributed by atoms with Crippen LogP contribution in [-0.4, -0.2) is 72.7 Å². The number of esters is 1. The molecule has 0 spiro atoms. The van der Waals surface area contributed by atoms with Crippen LogP contribution in [0.3, 0.4) is 0 Å². The maximum Gasteiger partial charge on any atom is 0.338 e. The van der Waals surface area contributed by atoms with Gasteiger partial charge in [-0.3, -0.25) is 9.69 Å². The first-order chi connectivity index (χ1) is 13.1. The lowest BCUT2D eigenvalue weighted by Crippen LogP contribution is -2.45. The highest BCUT2D eigenvalue weighted by Crippen LogP contribution is 2.12. The Labute approximate surface area is 158 Å². The summed E-state index contributed by atoms with van der Waals surface area (Å²) in [5.41, 5.74) is 0.897. The zero-order chi connectivity index (χ0) is 19.6. The fourth-order valence-electron chi connectivity index (χ4n) is 2.68. The number of carbonyl (C=O) groups excluding carboxylic acids is 2. The van der Waals surface area contributed by atoms with Gasteiger partial charge in [0.05, 0.1) is 18.8 Å². The summed E-state index contributed by atoms with van der Waals surface area (Å²) in [5.74, 6) is -0.924. The number of nitriles is 1. The molecule has 0 aliphatic carbocycles. The summed E-state index contributed by atoms with van der Waals surface area (Å²) in [6.45, 7) is 5.69. The molecule has 27 heavy (non-hydrogen) atoms. The number of hydrogen-bond acceptors (Lipinski definition) is 7. The molecule has 0 bridgehead atoms. The molecule has 1 aromatic rings. The number of benzene rings is 1. The molecular formula is C19H24N4O4. The van der Waals surface area contributed by atoms with E-state index < -0.39 is 11.9 Å². The van der Waals surface area contributed by atoms with Crippen molar-refractivity contribution in [2.45, 2.75) is 6.92 Å². The second-order valence-corrected chi connectivity index (χ2v) is 6.01. The molecule has 1 fully saturated rings. The number of nitrogens with one attached hydrogen (secondary N) is 1. The highest BCUT2D eigenvalue weighted by Gasteiger charge is 2.17. The van der Waals surface area contributed by atoms with Crippen molar-refractivity contribution in [3.63, 3.8) is 0 Å². The number of anilines is 1. The lowest BCUT2D eigenvalue weighted by Gasteiger charge is -2.33. The van der Waals surface area contributed by atoms with E-state index >= 15 is 0 Å². The molecule has 0 unspecified atom stereocenters. The highest BCUT2D eigenvalue weighted by atomic mass is 16.5. The number of amides is 1. The Hall–Kier alpha value is -2.89. The average molecular weight is 372 g/mol. The molecule has 144 valence electrons. The van der Waals surface area contributed by atoms with E-state index in [0.717, 1.165) is 13.1 Å². The standard InChI is InChI=1S/C19H24N4O4/c1-2-27-19(26)15-3-5-17(6-4-15)21-18(25)16(13-20)14-23-9-7-22(8-10-23)11-12-24/h3-6,14,24H,2,7-12H2,1H3,(H,21,25)/b16-14-. The van der Waals surface area contributed by atoms with Crippen LogP contribution < -0.4 is 5.32 Å². The number of ether oxygens (including phenoxy) is 1. The van der Waals surface area contributed by atoms with Crippen molar-refractivity contribution in [2.24, 2.45) is 0 Å². The van der Waals surface area contributed by atoms with Gasteiger partial charge >= 0.3 is 5.97 Å².